The second-order valence-electron chi connectivity index (χ2n) is 4.08. The van der Waals surface area contributed by atoms with Crippen molar-refractivity contribution in [3.8, 4) is 12.1 Å². The predicted molar refractivity (Wildman–Crippen MR) is 71.2 cm³/mol. The van der Waals surface area contributed by atoms with Gasteiger partial charge in [-0.2, -0.15) is 10.5 Å². The van der Waals surface area contributed by atoms with Crippen molar-refractivity contribution in [1.82, 2.24) is 4.72 Å². The van der Waals surface area contributed by atoms with E-state index in [1.807, 2.05) is 12.1 Å². The molecule has 0 spiro atoms. The topological polar surface area (TPSA) is 93.8 Å². The van der Waals surface area contributed by atoms with Crippen molar-refractivity contribution in [2.24, 2.45) is 0 Å². The quantitative estimate of drug-likeness (QED) is 0.767. The summed E-state index contributed by atoms with van der Waals surface area (Å²) in [5.74, 6) is -0.100. The normalized spacial score (nSPS) is 10.6. The highest BCUT2D eigenvalue weighted by molar-refractivity contribution is 7.88. The van der Waals surface area contributed by atoms with Crippen LogP contribution in [-0.4, -0.2) is 15.0 Å². The first kappa shape index (κ1) is 15.2. The van der Waals surface area contributed by atoms with E-state index in [9.17, 15) is 8.42 Å². The van der Waals surface area contributed by atoms with E-state index in [1.54, 1.807) is 24.3 Å². The second kappa shape index (κ2) is 7.52. The summed E-state index contributed by atoms with van der Waals surface area (Å²) in [6, 6.07) is 10.4. The number of hydrogen-bond donors (Lipinski definition) is 1. The van der Waals surface area contributed by atoms with E-state index in [-0.39, 0.29) is 5.75 Å². The van der Waals surface area contributed by atoms with Crippen LogP contribution in [0.3, 0.4) is 0 Å². The highest BCUT2D eigenvalue weighted by Gasteiger charge is 2.10. The van der Waals surface area contributed by atoms with Gasteiger partial charge in [0.2, 0.25) is 10.0 Å². The largest absolute Gasteiger partial charge is 0.215 e. The van der Waals surface area contributed by atoms with Crippen molar-refractivity contribution in [3.63, 3.8) is 0 Å². The van der Waals surface area contributed by atoms with Crippen molar-refractivity contribution >= 4 is 10.0 Å². The smallest absolute Gasteiger partial charge is 0.215 e. The molecule has 5 nitrogen and oxygen atoms in total. The molecule has 0 saturated carbocycles. The van der Waals surface area contributed by atoms with Crippen LogP contribution in [0, 0.1) is 22.7 Å². The maximum atomic E-state index is 11.7. The summed E-state index contributed by atoms with van der Waals surface area (Å²) in [7, 11) is -3.36. The summed E-state index contributed by atoms with van der Waals surface area (Å²) in [6.07, 6.45) is 1.79. The molecule has 1 aromatic carbocycles. The number of rotatable bonds is 7. The van der Waals surface area contributed by atoms with Crippen molar-refractivity contribution in [1.29, 1.82) is 10.5 Å². The molecular formula is C13H15N3O2S. The van der Waals surface area contributed by atoms with E-state index in [0.717, 1.165) is 0 Å². The fraction of sp³-hybridized carbons (Fsp3) is 0.385. The Morgan fingerprint density at radius 1 is 1.11 bits per heavy atom. The third-order valence-corrected chi connectivity index (χ3v) is 3.83. The molecule has 0 aliphatic rings. The molecule has 6 heteroatoms. The van der Waals surface area contributed by atoms with Crippen LogP contribution in [0.4, 0.5) is 0 Å². The number of sulfonamides is 1. The van der Waals surface area contributed by atoms with Crippen LogP contribution >= 0.6 is 0 Å². The van der Waals surface area contributed by atoms with Gasteiger partial charge in [0.25, 0.3) is 0 Å². The Labute approximate surface area is 113 Å². The molecule has 0 heterocycles. The zero-order valence-corrected chi connectivity index (χ0v) is 11.3. The van der Waals surface area contributed by atoms with Gasteiger partial charge in [0, 0.05) is 13.0 Å². The maximum absolute atomic E-state index is 11.7. The van der Waals surface area contributed by atoms with E-state index in [0.29, 0.717) is 36.9 Å². The fourth-order valence-corrected chi connectivity index (χ4v) is 2.69. The molecule has 0 atom stereocenters. The Morgan fingerprint density at radius 3 is 2.37 bits per heavy atom. The molecule has 1 aromatic rings. The molecule has 0 aliphatic heterocycles. The average Bonchev–Trinajstić information content (AvgIpc) is 2.39. The third kappa shape index (κ3) is 6.01. The van der Waals surface area contributed by atoms with Crippen LogP contribution < -0.4 is 4.72 Å². The number of unbranched alkanes of at least 4 members (excludes halogenated alkanes) is 2. The molecule has 0 bridgehead atoms. The lowest BCUT2D eigenvalue weighted by molar-refractivity contribution is 0.576. The van der Waals surface area contributed by atoms with Gasteiger partial charge in [-0.1, -0.05) is 12.1 Å². The first-order chi connectivity index (χ1) is 9.07. The molecule has 0 aromatic heterocycles. The fourth-order valence-electron chi connectivity index (χ4n) is 1.50. The van der Waals surface area contributed by atoms with Gasteiger partial charge in [-0.25, -0.2) is 13.1 Å². The average molecular weight is 277 g/mol. The van der Waals surface area contributed by atoms with Crippen LogP contribution in [0.15, 0.2) is 24.3 Å². The number of nitrogens with zero attached hydrogens (tertiary/aromatic N) is 2. The molecule has 0 saturated heterocycles. The second-order valence-corrected chi connectivity index (χ2v) is 5.88. The van der Waals surface area contributed by atoms with Crippen LogP contribution in [0.5, 0.6) is 0 Å². The summed E-state index contributed by atoms with van der Waals surface area (Å²) in [5, 5.41) is 17.0. The van der Waals surface area contributed by atoms with Crippen molar-refractivity contribution in [3.05, 3.63) is 35.4 Å². The molecule has 100 valence electrons. The lowest BCUT2D eigenvalue weighted by atomic mass is 10.2. The minimum atomic E-state index is -3.36. The first-order valence-electron chi connectivity index (χ1n) is 5.91. The Hall–Kier alpha value is -1.89. The van der Waals surface area contributed by atoms with Gasteiger partial charge in [-0.15, -0.1) is 0 Å². The molecule has 0 fully saturated rings. The molecule has 0 radical (unpaired) electrons. The molecule has 0 aliphatic carbocycles. The number of hydrogen-bond acceptors (Lipinski definition) is 4. The van der Waals surface area contributed by atoms with Crippen molar-refractivity contribution < 1.29 is 8.42 Å². The van der Waals surface area contributed by atoms with Crippen LogP contribution in [-0.2, 0) is 15.8 Å². The number of nitrogens with one attached hydrogen (secondary N) is 1. The van der Waals surface area contributed by atoms with Crippen molar-refractivity contribution in [2.75, 3.05) is 6.54 Å². The number of benzene rings is 1. The number of nitriles is 2. The predicted octanol–water partition coefficient (Wildman–Crippen LogP) is 1.67. The highest BCUT2D eigenvalue weighted by Crippen LogP contribution is 2.07. The first-order valence-corrected chi connectivity index (χ1v) is 7.56. The van der Waals surface area contributed by atoms with Gasteiger partial charge in [0.1, 0.15) is 0 Å². The Bertz CT molecular complexity index is 580. The summed E-state index contributed by atoms with van der Waals surface area (Å²) in [6.45, 7) is 0.348. The lowest BCUT2D eigenvalue weighted by Gasteiger charge is -2.06. The van der Waals surface area contributed by atoms with Gasteiger partial charge in [-0.05, 0) is 30.5 Å². The van der Waals surface area contributed by atoms with Crippen LogP contribution in [0.1, 0.15) is 30.4 Å². The standard InChI is InChI=1S/C13H15N3O2S/c14-8-2-1-3-9-16-19(17,18)11-13-6-4-12(10-15)5-7-13/h4-7,16H,1-3,9,11H2. The molecule has 1 N–H and O–H groups in total. The van der Waals surface area contributed by atoms with Gasteiger partial charge >= 0.3 is 0 Å². The SMILES string of the molecule is N#CCCCCNS(=O)(=O)Cc1ccc(C#N)cc1. The van der Waals surface area contributed by atoms with E-state index in [1.165, 1.54) is 0 Å². The van der Waals surface area contributed by atoms with E-state index in [2.05, 4.69) is 4.72 Å². The lowest BCUT2D eigenvalue weighted by Crippen LogP contribution is -2.26. The Morgan fingerprint density at radius 2 is 1.79 bits per heavy atom. The van der Waals surface area contributed by atoms with E-state index < -0.39 is 10.0 Å². The molecule has 0 unspecified atom stereocenters. The zero-order valence-electron chi connectivity index (χ0n) is 10.5. The van der Waals surface area contributed by atoms with Crippen LogP contribution in [0.2, 0.25) is 0 Å². The summed E-state index contributed by atoms with van der Waals surface area (Å²) >= 11 is 0. The minimum absolute atomic E-state index is 0.100. The van der Waals surface area contributed by atoms with Gasteiger partial charge in [-0.3, -0.25) is 0 Å². The van der Waals surface area contributed by atoms with Gasteiger partial charge in [0.05, 0.1) is 23.5 Å². The van der Waals surface area contributed by atoms with Gasteiger partial charge < -0.3 is 0 Å². The van der Waals surface area contributed by atoms with E-state index >= 15 is 0 Å². The van der Waals surface area contributed by atoms with Crippen molar-refractivity contribution in [2.45, 2.75) is 25.0 Å². The molecule has 0 amide bonds. The summed E-state index contributed by atoms with van der Waals surface area (Å²) in [4.78, 5) is 0. The molecule has 19 heavy (non-hydrogen) atoms. The summed E-state index contributed by atoms with van der Waals surface area (Å²) < 4.78 is 26.0. The molecular weight excluding hydrogens is 262 g/mol. The Balaban J connectivity index is 2.45. The maximum Gasteiger partial charge on any atom is 0.215 e. The minimum Gasteiger partial charge on any atom is -0.215 e. The third-order valence-electron chi connectivity index (χ3n) is 2.48. The monoisotopic (exact) mass is 277 g/mol. The Kier molecular flexibility index (Phi) is 6.01. The molecule has 1 rings (SSSR count). The van der Waals surface area contributed by atoms with Gasteiger partial charge in [0.15, 0.2) is 0 Å². The van der Waals surface area contributed by atoms with Crippen LogP contribution in [0.25, 0.3) is 0 Å². The van der Waals surface area contributed by atoms with E-state index in [4.69, 9.17) is 10.5 Å². The highest BCUT2D eigenvalue weighted by atomic mass is 32.2. The zero-order chi connectivity index (χ0) is 14.1. The summed E-state index contributed by atoms with van der Waals surface area (Å²) in [5.41, 5.74) is 1.15.